The Kier molecular flexibility index (Phi) is 5.63. The number of hydrogen-bond acceptors (Lipinski definition) is 9. The minimum absolute atomic E-state index is 0.407. The number of rotatable bonds is 6. The molecule has 0 spiro atoms. The molecule has 9 heteroatoms. The Hall–Kier alpha value is -2.07. The van der Waals surface area contributed by atoms with Crippen molar-refractivity contribution in [3.8, 4) is 5.75 Å². The molecule has 2 saturated heterocycles. The Morgan fingerprint density at radius 2 is 2.26 bits per heavy atom. The van der Waals surface area contributed by atoms with E-state index >= 15 is 0 Å². The highest BCUT2D eigenvalue weighted by molar-refractivity contribution is 7.13. The number of ether oxygens (including phenoxy) is 2. The molecule has 2 aromatic heterocycles. The quantitative estimate of drug-likeness (QED) is 0.729. The predicted octanol–water partition coefficient (Wildman–Crippen LogP) is 0.868. The molecule has 0 saturated carbocycles. The van der Waals surface area contributed by atoms with Crippen molar-refractivity contribution in [2.75, 3.05) is 57.4 Å². The maximum atomic E-state index is 11.1. The molecule has 144 valence electrons. The smallest absolute Gasteiger partial charge is 0.187 e. The molecule has 1 atom stereocenters. The summed E-state index contributed by atoms with van der Waals surface area (Å²) in [4.78, 5) is 24.5. The molecular weight excluding hydrogens is 366 g/mol. The van der Waals surface area contributed by atoms with E-state index in [0.29, 0.717) is 25.5 Å². The first-order chi connectivity index (χ1) is 13.3. The Labute approximate surface area is 162 Å². The molecular formula is C18H23N5O3S. The van der Waals surface area contributed by atoms with Crippen LogP contribution in [0.25, 0.3) is 0 Å². The van der Waals surface area contributed by atoms with Gasteiger partial charge >= 0.3 is 0 Å². The zero-order valence-electron chi connectivity index (χ0n) is 15.0. The number of carbonyl (C=O) groups excluding carboxylic acids is 1. The third kappa shape index (κ3) is 3.81. The van der Waals surface area contributed by atoms with Gasteiger partial charge in [-0.25, -0.2) is 4.98 Å². The molecule has 0 radical (unpaired) electrons. The van der Waals surface area contributed by atoms with E-state index in [2.05, 4.69) is 25.1 Å². The van der Waals surface area contributed by atoms with Crippen molar-refractivity contribution in [2.45, 2.75) is 5.66 Å². The van der Waals surface area contributed by atoms with Gasteiger partial charge in [0.25, 0.3) is 0 Å². The summed E-state index contributed by atoms with van der Waals surface area (Å²) in [6, 6.07) is 3.78. The number of hydrogen-bond donors (Lipinski definition) is 1. The molecule has 0 aromatic carbocycles. The van der Waals surface area contributed by atoms with Gasteiger partial charge in [0.15, 0.2) is 11.4 Å². The SMILES string of the molecule is O=Cc1csc(N2CCNCC2(COc2cccnc2)N2CCOCC2)n1. The second-order valence-electron chi connectivity index (χ2n) is 6.56. The van der Waals surface area contributed by atoms with Crippen LogP contribution in [-0.4, -0.2) is 79.4 Å². The second kappa shape index (κ2) is 8.30. The molecule has 0 amide bonds. The van der Waals surface area contributed by atoms with Gasteiger partial charge in [0.1, 0.15) is 23.7 Å². The molecule has 1 unspecified atom stereocenters. The first-order valence-electron chi connectivity index (χ1n) is 9.06. The highest BCUT2D eigenvalue weighted by Gasteiger charge is 2.46. The average Bonchev–Trinajstić information content (AvgIpc) is 3.23. The van der Waals surface area contributed by atoms with E-state index in [4.69, 9.17) is 9.47 Å². The summed E-state index contributed by atoms with van der Waals surface area (Å²) in [5, 5.41) is 6.17. The second-order valence-corrected chi connectivity index (χ2v) is 7.40. The molecule has 4 rings (SSSR count). The topological polar surface area (TPSA) is 79.8 Å². The van der Waals surface area contributed by atoms with Crippen molar-refractivity contribution in [3.63, 3.8) is 0 Å². The summed E-state index contributed by atoms with van der Waals surface area (Å²) < 4.78 is 11.7. The van der Waals surface area contributed by atoms with Gasteiger partial charge in [-0.1, -0.05) is 0 Å². The summed E-state index contributed by atoms with van der Waals surface area (Å²) in [6.07, 6.45) is 4.25. The molecule has 2 fully saturated rings. The van der Waals surface area contributed by atoms with Crippen molar-refractivity contribution in [2.24, 2.45) is 0 Å². The molecule has 2 aromatic rings. The number of carbonyl (C=O) groups is 1. The van der Waals surface area contributed by atoms with Gasteiger partial charge in [0.05, 0.1) is 19.4 Å². The molecule has 0 bridgehead atoms. The minimum Gasteiger partial charge on any atom is -0.488 e. The third-order valence-corrected chi connectivity index (χ3v) is 5.87. The van der Waals surface area contributed by atoms with Crippen LogP contribution in [0.4, 0.5) is 5.13 Å². The van der Waals surface area contributed by atoms with Crippen molar-refractivity contribution in [1.82, 2.24) is 20.2 Å². The molecule has 2 aliphatic rings. The van der Waals surface area contributed by atoms with E-state index in [1.165, 1.54) is 11.3 Å². The standard InChI is InChI=1S/C18H23N5O3S/c24-11-15-12-27-17(21-15)23-5-4-20-13-18(23,22-6-8-25-9-7-22)14-26-16-2-1-3-19-10-16/h1-3,10-12,20H,4-9,13-14H2. The minimum atomic E-state index is -0.407. The normalized spacial score (nSPS) is 23.9. The van der Waals surface area contributed by atoms with Gasteiger partial charge in [0.2, 0.25) is 0 Å². The van der Waals surface area contributed by atoms with Crippen molar-refractivity contribution in [1.29, 1.82) is 0 Å². The fourth-order valence-electron chi connectivity index (χ4n) is 3.62. The Morgan fingerprint density at radius 3 is 3.00 bits per heavy atom. The van der Waals surface area contributed by atoms with E-state index in [0.717, 1.165) is 49.9 Å². The third-order valence-electron chi connectivity index (χ3n) is 4.99. The highest BCUT2D eigenvalue weighted by Crippen LogP contribution is 2.32. The number of piperazine rings is 1. The number of nitrogens with one attached hydrogen (secondary N) is 1. The van der Waals surface area contributed by atoms with Crippen LogP contribution >= 0.6 is 11.3 Å². The number of aldehydes is 1. The maximum Gasteiger partial charge on any atom is 0.187 e. The van der Waals surface area contributed by atoms with Gasteiger partial charge in [-0.15, -0.1) is 11.3 Å². The molecule has 2 aliphatic heterocycles. The number of thiazole rings is 1. The summed E-state index contributed by atoms with van der Waals surface area (Å²) in [7, 11) is 0. The Morgan fingerprint density at radius 1 is 1.37 bits per heavy atom. The highest BCUT2D eigenvalue weighted by atomic mass is 32.1. The van der Waals surface area contributed by atoms with E-state index in [-0.39, 0.29) is 0 Å². The predicted molar refractivity (Wildman–Crippen MR) is 103 cm³/mol. The summed E-state index contributed by atoms with van der Waals surface area (Å²) in [6.45, 7) is 5.88. The fraction of sp³-hybridized carbons (Fsp3) is 0.500. The average molecular weight is 389 g/mol. The number of aromatic nitrogens is 2. The summed E-state index contributed by atoms with van der Waals surface area (Å²) in [5.74, 6) is 0.739. The number of anilines is 1. The van der Waals surface area contributed by atoms with Crippen LogP contribution in [0.15, 0.2) is 29.9 Å². The Balaban J connectivity index is 1.66. The fourth-order valence-corrected chi connectivity index (χ4v) is 4.51. The van der Waals surface area contributed by atoms with Gasteiger partial charge < -0.3 is 19.7 Å². The van der Waals surface area contributed by atoms with Crippen LogP contribution in [0.5, 0.6) is 5.75 Å². The van der Waals surface area contributed by atoms with Crippen LogP contribution in [0.2, 0.25) is 0 Å². The zero-order chi connectivity index (χ0) is 18.5. The first kappa shape index (κ1) is 18.3. The number of nitrogens with zero attached hydrogens (tertiary/aromatic N) is 4. The lowest BCUT2D eigenvalue weighted by Crippen LogP contribution is -2.73. The van der Waals surface area contributed by atoms with Crippen LogP contribution in [-0.2, 0) is 4.74 Å². The van der Waals surface area contributed by atoms with Crippen LogP contribution in [0.1, 0.15) is 10.5 Å². The van der Waals surface area contributed by atoms with Crippen molar-refractivity contribution in [3.05, 3.63) is 35.6 Å². The zero-order valence-corrected chi connectivity index (χ0v) is 15.9. The molecule has 1 N–H and O–H groups in total. The Bertz CT molecular complexity index is 752. The lowest BCUT2D eigenvalue weighted by molar-refractivity contribution is -0.0452. The lowest BCUT2D eigenvalue weighted by atomic mass is 10.0. The van der Waals surface area contributed by atoms with Gasteiger partial charge in [-0.05, 0) is 12.1 Å². The van der Waals surface area contributed by atoms with Gasteiger partial charge in [-0.2, -0.15) is 0 Å². The summed E-state index contributed by atoms with van der Waals surface area (Å²) >= 11 is 1.50. The van der Waals surface area contributed by atoms with E-state index < -0.39 is 5.66 Å². The van der Waals surface area contributed by atoms with Crippen molar-refractivity contribution < 1.29 is 14.3 Å². The molecule has 8 nitrogen and oxygen atoms in total. The first-order valence-corrected chi connectivity index (χ1v) is 9.94. The largest absolute Gasteiger partial charge is 0.488 e. The summed E-state index contributed by atoms with van der Waals surface area (Å²) in [5.41, 5.74) is 0.0631. The number of pyridine rings is 1. The van der Waals surface area contributed by atoms with Crippen LogP contribution < -0.4 is 15.0 Å². The van der Waals surface area contributed by atoms with Gasteiger partial charge in [-0.3, -0.25) is 14.7 Å². The lowest BCUT2D eigenvalue weighted by Gasteiger charge is -2.53. The monoisotopic (exact) mass is 389 g/mol. The molecule has 0 aliphatic carbocycles. The number of morpholine rings is 1. The van der Waals surface area contributed by atoms with E-state index in [1.807, 2.05) is 12.1 Å². The van der Waals surface area contributed by atoms with Crippen LogP contribution in [0, 0.1) is 0 Å². The molecule has 27 heavy (non-hydrogen) atoms. The van der Waals surface area contributed by atoms with E-state index in [1.54, 1.807) is 17.8 Å². The molecule has 4 heterocycles. The van der Waals surface area contributed by atoms with E-state index in [9.17, 15) is 4.79 Å². The van der Waals surface area contributed by atoms with Crippen LogP contribution in [0.3, 0.4) is 0 Å². The van der Waals surface area contributed by atoms with Gasteiger partial charge in [0, 0.05) is 44.3 Å². The van der Waals surface area contributed by atoms with Crippen molar-refractivity contribution >= 4 is 22.8 Å². The maximum absolute atomic E-state index is 11.1.